The van der Waals surface area contributed by atoms with Crippen LogP contribution in [0.25, 0.3) is 0 Å². The first-order chi connectivity index (χ1) is 5.54. The van der Waals surface area contributed by atoms with Crippen molar-refractivity contribution >= 4 is 28.9 Å². The third kappa shape index (κ3) is 1.49. The maximum absolute atomic E-state index is 12.9. The zero-order valence-corrected chi connectivity index (χ0v) is 7.06. The molecule has 1 aromatic rings. The van der Waals surface area contributed by atoms with Gasteiger partial charge in [0.2, 0.25) is 5.82 Å². The molecular formula is C6H2Cl2FNO2. The minimum atomic E-state index is -1.10. The molecule has 0 radical (unpaired) electrons. The summed E-state index contributed by atoms with van der Waals surface area (Å²) in [5, 5.41) is 9.68. The van der Waals surface area contributed by atoms with Crippen LogP contribution in [0.5, 0.6) is 0 Å². The van der Waals surface area contributed by atoms with Crippen LogP contribution in [0.2, 0.25) is 10.0 Å². The van der Waals surface area contributed by atoms with Gasteiger partial charge in [0.1, 0.15) is 5.02 Å². The molecule has 0 bridgehead atoms. The van der Waals surface area contributed by atoms with Crippen LogP contribution in [0, 0.1) is 15.9 Å². The summed E-state index contributed by atoms with van der Waals surface area (Å²) in [5.41, 5.74) is -0.676. The van der Waals surface area contributed by atoms with Gasteiger partial charge in [-0.25, -0.2) is 0 Å². The van der Waals surface area contributed by atoms with Crippen molar-refractivity contribution in [1.82, 2.24) is 0 Å². The van der Waals surface area contributed by atoms with Crippen LogP contribution < -0.4 is 0 Å². The summed E-state index contributed by atoms with van der Waals surface area (Å²) in [7, 11) is 0. The average molecular weight is 210 g/mol. The molecule has 0 N–H and O–H groups in total. The molecule has 3 nitrogen and oxygen atoms in total. The Hall–Kier alpha value is -0.870. The fraction of sp³-hybridized carbons (Fsp3) is 0. The number of nitrogens with zero attached hydrogens (tertiary/aromatic N) is 1. The second kappa shape index (κ2) is 3.25. The molecule has 0 fully saturated rings. The smallest absolute Gasteiger partial charge is 0.258 e. The number of nitro benzene ring substituents is 1. The summed E-state index contributed by atoms with van der Waals surface area (Å²) in [6, 6.07) is 2.13. The van der Waals surface area contributed by atoms with Crippen molar-refractivity contribution in [2.24, 2.45) is 0 Å². The third-order valence-corrected chi connectivity index (χ3v) is 1.99. The third-order valence-electron chi connectivity index (χ3n) is 1.21. The fourth-order valence-corrected chi connectivity index (χ4v) is 0.962. The Labute approximate surface area is 76.9 Å². The SMILES string of the molecule is O=[N+]([O-])c1ccc(Cl)c(Cl)c1F. The van der Waals surface area contributed by atoms with Crippen molar-refractivity contribution in [1.29, 1.82) is 0 Å². The molecule has 0 atom stereocenters. The molecule has 0 unspecified atom stereocenters. The number of nitro groups is 1. The first-order valence-electron chi connectivity index (χ1n) is 2.82. The highest BCUT2D eigenvalue weighted by Gasteiger charge is 2.18. The van der Waals surface area contributed by atoms with Gasteiger partial charge in [0, 0.05) is 6.07 Å². The van der Waals surface area contributed by atoms with Gasteiger partial charge in [-0.3, -0.25) is 10.1 Å². The Morgan fingerprint density at radius 3 is 2.50 bits per heavy atom. The summed E-state index contributed by atoms with van der Waals surface area (Å²) in [4.78, 5) is 9.29. The summed E-state index contributed by atoms with van der Waals surface area (Å²) in [6.45, 7) is 0. The standard InChI is InChI=1S/C6H2Cl2FNO2/c7-3-1-2-4(10(11)12)6(9)5(3)8/h1-2H. The van der Waals surface area contributed by atoms with Crippen molar-refractivity contribution in [2.75, 3.05) is 0 Å². The van der Waals surface area contributed by atoms with Gasteiger partial charge in [0.25, 0.3) is 0 Å². The van der Waals surface area contributed by atoms with Crippen molar-refractivity contribution in [3.05, 3.63) is 38.1 Å². The Morgan fingerprint density at radius 2 is 2.00 bits per heavy atom. The molecule has 12 heavy (non-hydrogen) atoms. The van der Waals surface area contributed by atoms with E-state index in [4.69, 9.17) is 23.2 Å². The highest BCUT2D eigenvalue weighted by molar-refractivity contribution is 6.42. The van der Waals surface area contributed by atoms with Gasteiger partial charge in [-0.15, -0.1) is 0 Å². The lowest BCUT2D eigenvalue weighted by Crippen LogP contribution is -1.92. The molecule has 0 heterocycles. The van der Waals surface area contributed by atoms with Crippen molar-refractivity contribution in [3.63, 3.8) is 0 Å². The van der Waals surface area contributed by atoms with E-state index in [1.807, 2.05) is 0 Å². The van der Waals surface area contributed by atoms with Gasteiger partial charge in [0.15, 0.2) is 0 Å². The first kappa shape index (κ1) is 9.22. The number of halogens is 3. The maximum atomic E-state index is 12.9. The van der Waals surface area contributed by atoms with Gasteiger partial charge in [-0.2, -0.15) is 4.39 Å². The molecule has 0 amide bonds. The Morgan fingerprint density at radius 1 is 1.42 bits per heavy atom. The number of hydrogen-bond donors (Lipinski definition) is 0. The molecule has 0 aliphatic heterocycles. The first-order valence-corrected chi connectivity index (χ1v) is 3.57. The zero-order valence-electron chi connectivity index (χ0n) is 5.55. The molecule has 0 aromatic heterocycles. The van der Waals surface area contributed by atoms with Gasteiger partial charge in [-0.05, 0) is 6.07 Å². The van der Waals surface area contributed by atoms with Crippen LogP contribution in [0.3, 0.4) is 0 Å². The van der Waals surface area contributed by atoms with Gasteiger partial charge < -0.3 is 0 Å². The minimum absolute atomic E-state index is 0.0419. The van der Waals surface area contributed by atoms with E-state index in [9.17, 15) is 14.5 Å². The highest BCUT2D eigenvalue weighted by atomic mass is 35.5. The second-order valence-electron chi connectivity index (χ2n) is 1.95. The van der Waals surface area contributed by atoms with Crippen LogP contribution in [0.15, 0.2) is 12.1 Å². The lowest BCUT2D eigenvalue weighted by atomic mass is 10.3. The molecular weight excluding hydrogens is 208 g/mol. The van der Waals surface area contributed by atoms with E-state index in [0.29, 0.717) is 0 Å². The monoisotopic (exact) mass is 209 g/mol. The van der Waals surface area contributed by atoms with Crippen LogP contribution in [-0.2, 0) is 0 Å². The molecule has 1 rings (SSSR count). The summed E-state index contributed by atoms with van der Waals surface area (Å²) in [6.07, 6.45) is 0. The summed E-state index contributed by atoms with van der Waals surface area (Å²) < 4.78 is 12.9. The molecule has 0 aliphatic rings. The predicted octanol–water partition coefficient (Wildman–Crippen LogP) is 3.04. The van der Waals surface area contributed by atoms with Crippen molar-refractivity contribution < 1.29 is 9.31 Å². The number of benzene rings is 1. The molecule has 0 spiro atoms. The molecule has 6 heteroatoms. The topological polar surface area (TPSA) is 43.1 Å². The van der Waals surface area contributed by atoms with E-state index in [1.165, 1.54) is 6.07 Å². The van der Waals surface area contributed by atoms with Gasteiger partial charge >= 0.3 is 5.69 Å². The quantitative estimate of drug-likeness (QED) is 0.406. The van der Waals surface area contributed by atoms with Crippen LogP contribution in [-0.4, -0.2) is 4.92 Å². The zero-order chi connectivity index (χ0) is 9.30. The average Bonchev–Trinajstić information content (AvgIpc) is 2.00. The molecule has 0 aliphatic carbocycles. The normalized spacial score (nSPS) is 9.92. The maximum Gasteiger partial charge on any atom is 0.306 e. The fourth-order valence-electron chi connectivity index (χ4n) is 0.657. The second-order valence-corrected chi connectivity index (χ2v) is 2.74. The van der Waals surface area contributed by atoms with Crippen LogP contribution in [0.1, 0.15) is 0 Å². The Bertz CT molecular complexity index is 343. The highest BCUT2D eigenvalue weighted by Crippen LogP contribution is 2.30. The van der Waals surface area contributed by atoms with Crippen molar-refractivity contribution in [2.45, 2.75) is 0 Å². The molecule has 0 saturated heterocycles. The van der Waals surface area contributed by atoms with E-state index >= 15 is 0 Å². The largest absolute Gasteiger partial charge is 0.306 e. The van der Waals surface area contributed by atoms with E-state index in [-0.39, 0.29) is 5.02 Å². The number of hydrogen-bond acceptors (Lipinski definition) is 2. The molecule has 64 valence electrons. The molecule has 1 aromatic carbocycles. The summed E-state index contributed by atoms with van der Waals surface area (Å²) in [5.74, 6) is -1.10. The lowest BCUT2D eigenvalue weighted by molar-refractivity contribution is -0.387. The van der Waals surface area contributed by atoms with Gasteiger partial charge in [0.05, 0.1) is 9.95 Å². The number of rotatable bonds is 1. The Balaban J connectivity index is 3.36. The van der Waals surface area contributed by atoms with E-state index < -0.39 is 21.5 Å². The van der Waals surface area contributed by atoms with Crippen molar-refractivity contribution in [3.8, 4) is 0 Å². The van der Waals surface area contributed by atoms with E-state index in [1.54, 1.807) is 0 Å². The Kier molecular flexibility index (Phi) is 2.49. The van der Waals surface area contributed by atoms with E-state index in [0.717, 1.165) is 6.07 Å². The lowest BCUT2D eigenvalue weighted by Gasteiger charge is -1.97. The summed E-state index contributed by atoms with van der Waals surface area (Å²) >= 11 is 10.7. The minimum Gasteiger partial charge on any atom is -0.258 e. The van der Waals surface area contributed by atoms with Crippen LogP contribution in [0.4, 0.5) is 10.1 Å². The van der Waals surface area contributed by atoms with Gasteiger partial charge in [-0.1, -0.05) is 23.2 Å². The predicted molar refractivity (Wildman–Crippen MR) is 43.1 cm³/mol. The molecule has 0 saturated carbocycles. The van der Waals surface area contributed by atoms with E-state index in [2.05, 4.69) is 0 Å². The van der Waals surface area contributed by atoms with Crippen LogP contribution >= 0.6 is 23.2 Å².